The Bertz CT molecular complexity index is 1410. The van der Waals surface area contributed by atoms with Crippen LogP contribution in [0.4, 0.5) is 11.4 Å². The second-order valence-electron chi connectivity index (χ2n) is 8.18. The van der Waals surface area contributed by atoms with E-state index in [4.69, 9.17) is 28.9 Å². The number of anilines is 2. The number of nitrogens with one attached hydrogen (secondary N) is 2. The van der Waals surface area contributed by atoms with E-state index in [2.05, 4.69) is 53.5 Å². The summed E-state index contributed by atoms with van der Waals surface area (Å²) in [6, 6.07) is 16.9. The van der Waals surface area contributed by atoms with Crippen LogP contribution in [0.2, 0.25) is 5.02 Å². The van der Waals surface area contributed by atoms with Gasteiger partial charge in [0.15, 0.2) is 5.11 Å². The number of halogens is 1. The van der Waals surface area contributed by atoms with Gasteiger partial charge < -0.3 is 10.2 Å². The molecule has 0 aliphatic heterocycles. The number of amides is 1. The van der Waals surface area contributed by atoms with Crippen molar-refractivity contribution < 1.29 is 4.79 Å². The van der Waals surface area contributed by atoms with Crippen molar-refractivity contribution >= 4 is 57.2 Å². The lowest BCUT2D eigenvalue weighted by Gasteiger charge is -2.22. The summed E-state index contributed by atoms with van der Waals surface area (Å²) in [6.45, 7) is 10.2. The molecule has 0 aliphatic carbocycles. The Morgan fingerprint density at radius 2 is 1.69 bits per heavy atom. The molecular formula is C26H27ClN6OS. The molecule has 4 aromatic rings. The molecule has 1 aromatic heterocycles. The van der Waals surface area contributed by atoms with Gasteiger partial charge in [-0.25, -0.2) is 0 Å². The smallest absolute Gasteiger partial charge is 0.258 e. The van der Waals surface area contributed by atoms with Crippen molar-refractivity contribution in [2.45, 2.75) is 27.7 Å². The number of aryl methyl sites for hydroxylation is 2. The van der Waals surface area contributed by atoms with E-state index in [0.29, 0.717) is 16.1 Å². The molecule has 1 amide bonds. The van der Waals surface area contributed by atoms with Crippen molar-refractivity contribution in [1.29, 1.82) is 0 Å². The molecule has 0 fully saturated rings. The number of rotatable bonds is 6. The second-order valence-corrected chi connectivity index (χ2v) is 8.99. The van der Waals surface area contributed by atoms with Gasteiger partial charge in [0.2, 0.25) is 0 Å². The predicted octanol–water partition coefficient (Wildman–Crippen LogP) is 5.66. The normalized spacial score (nSPS) is 10.9. The van der Waals surface area contributed by atoms with Crippen LogP contribution in [0.25, 0.3) is 16.7 Å². The fourth-order valence-corrected chi connectivity index (χ4v) is 4.35. The maximum absolute atomic E-state index is 12.5. The van der Waals surface area contributed by atoms with Gasteiger partial charge in [0.1, 0.15) is 11.0 Å². The van der Waals surface area contributed by atoms with Gasteiger partial charge in [-0.15, -0.1) is 10.2 Å². The average Bonchev–Trinajstić information content (AvgIpc) is 3.22. The van der Waals surface area contributed by atoms with Crippen molar-refractivity contribution in [1.82, 2.24) is 20.3 Å². The molecule has 0 bridgehead atoms. The largest absolute Gasteiger partial charge is 0.372 e. The molecule has 2 N–H and O–H groups in total. The molecule has 0 spiro atoms. The molecule has 0 saturated heterocycles. The van der Waals surface area contributed by atoms with E-state index < -0.39 is 0 Å². The lowest BCUT2D eigenvalue weighted by atomic mass is 10.1. The first-order valence-electron chi connectivity index (χ1n) is 11.4. The van der Waals surface area contributed by atoms with Crippen molar-refractivity contribution in [3.05, 3.63) is 76.3 Å². The average molecular weight is 507 g/mol. The molecule has 7 nitrogen and oxygen atoms in total. The van der Waals surface area contributed by atoms with Crippen LogP contribution >= 0.6 is 23.8 Å². The summed E-state index contributed by atoms with van der Waals surface area (Å²) in [6.07, 6.45) is 0. The molecule has 0 aliphatic rings. The van der Waals surface area contributed by atoms with Gasteiger partial charge in [0.25, 0.3) is 5.91 Å². The van der Waals surface area contributed by atoms with Gasteiger partial charge in [-0.3, -0.25) is 10.1 Å². The van der Waals surface area contributed by atoms with E-state index in [1.54, 1.807) is 29.1 Å². The SMILES string of the molecule is CCN(CC)c1ccc(-n2nc3cc(C)c(NC(=S)NC(=O)c4ccccc4Cl)cc3n2)c(C)c1. The number of hydrogen-bond donors (Lipinski definition) is 2. The van der Waals surface area contributed by atoms with Gasteiger partial charge in [-0.2, -0.15) is 4.80 Å². The van der Waals surface area contributed by atoms with Crippen LogP contribution < -0.4 is 15.5 Å². The fraction of sp³-hybridized carbons (Fsp3) is 0.231. The van der Waals surface area contributed by atoms with E-state index in [-0.39, 0.29) is 11.0 Å². The van der Waals surface area contributed by atoms with Gasteiger partial charge in [-0.05, 0) is 93.5 Å². The summed E-state index contributed by atoms with van der Waals surface area (Å²) >= 11 is 11.5. The Kier molecular flexibility index (Phi) is 7.33. The van der Waals surface area contributed by atoms with Crippen molar-refractivity contribution in [3.8, 4) is 5.69 Å². The van der Waals surface area contributed by atoms with Gasteiger partial charge in [-0.1, -0.05) is 23.7 Å². The first-order chi connectivity index (χ1) is 16.8. The Hall–Kier alpha value is -3.49. The third-order valence-corrected chi connectivity index (χ3v) is 6.38. The number of benzene rings is 3. The first kappa shape index (κ1) is 24.6. The van der Waals surface area contributed by atoms with Crippen molar-refractivity contribution in [3.63, 3.8) is 0 Å². The number of thiocarbonyl (C=S) groups is 1. The topological polar surface area (TPSA) is 75.1 Å². The Balaban J connectivity index is 1.55. The van der Waals surface area contributed by atoms with Gasteiger partial charge >= 0.3 is 0 Å². The van der Waals surface area contributed by atoms with E-state index in [9.17, 15) is 4.79 Å². The Labute approximate surface area is 215 Å². The minimum absolute atomic E-state index is 0.174. The van der Waals surface area contributed by atoms with Crippen molar-refractivity contribution in [2.24, 2.45) is 0 Å². The number of carbonyl (C=O) groups excluding carboxylic acids is 1. The highest BCUT2D eigenvalue weighted by molar-refractivity contribution is 7.80. The molecule has 0 saturated carbocycles. The van der Waals surface area contributed by atoms with Crippen LogP contribution in [0.3, 0.4) is 0 Å². The molecule has 0 radical (unpaired) electrons. The summed E-state index contributed by atoms with van der Waals surface area (Å²) in [4.78, 5) is 16.5. The zero-order valence-electron chi connectivity index (χ0n) is 20.1. The monoisotopic (exact) mass is 506 g/mol. The molecule has 180 valence electrons. The predicted molar refractivity (Wildman–Crippen MR) is 147 cm³/mol. The van der Waals surface area contributed by atoms with Crippen LogP contribution in [0, 0.1) is 13.8 Å². The highest BCUT2D eigenvalue weighted by atomic mass is 35.5. The lowest BCUT2D eigenvalue weighted by molar-refractivity contribution is 0.0978. The summed E-state index contributed by atoms with van der Waals surface area (Å²) in [5.41, 5.74) is 6.70. The maximum Gasteiger partial charge on any atom is 0.258 e. The molecule has 9 heteroatoms. The second kappa shape index (κ2) is 10.4. The highest BCUT2D eigenvalue weighted by Gasteiger charge is 2.14. The van der Waals surface area contributed by atoms with Crippen LogP contribution in [-0.2, 0) is 0 Å². The molecule has 3 aromatic carbocycles. The van der Waals surface area contributed by atoms with E-state index in [1.165, 1.54) is 5.69 Å². The fourth-order valence-electron chi connectivity index (χ4n) is 3.93. The minimum atomic E-state index is -0.374. The summed E-state index contributed by atoms with van der Waals surface area (Å²) in [5, 5.41) is 15.7. The highest BCUT2D eigenvalue weighted by Crippen LogP contribution is 2.25. The molecule has 35 heavy (non-hydrogen) atoms. The summed E-state index contributed by atoms with van der Waals surface area (Å²) in [5.74, 6) is -0.374. The number of carbonyl (C=O) groups is 1. The van der Waals surface area contributed by atoms with Crippen LogP contribution in [0.15, 0.2) is 54.6 Å². The maximum atomic E-state index is 12.5. The number of nitrogens with zero attached hydrogens (tertiary/aromatic N) is 4. The zero-order chi connectivity index (χ0) is 25.1. The van der Waals surface area contributed by atoms with E-state index in [0.717, 1.165) is 41.1 Å². The minimum Gasteiger partial charge on any atom is -0.372 e. The van der Waals surface area contributed by atoms with E-state index in [1.807, 2.05) is 25.1 Å². The van der Waals surface area contributed by atoms with E-state index >= 15 is 0 Å². The van der Waals surface area contributed by atoms with Crippen LogP contribution in [0.1, 0.15) is 35.3 Å². The van der Waals surface area contributed by atoms with Crippen LogP contribution in [-0.4, -0.2) is 39.1 Å². The quantitative estimate of drug-likeness (QED) is 0.328. The van der Waals surface area contributed by atoms with Gasteiger partial charge in [0.05, 0.1) is 16.3 Å². The van der Waals surface area contributed by atoms with Crippen molar-refractivity contribution in [2.75, 3.05) is 23.3 Å². The molecule has 0 unspecified atom stereocenters. The van der Waals surface area contributed by atoms with Crippen LogP contribution in [0.5, 0.6) is 0 Å². The summed E-state index contributed by atoms with van der Waals surface area (Å²) in [7, 11) is 0. The molecule has 0 atom stereocenters. The standard InChI is InChI=1S/C26H27ClN6OS/c1-5-32(6-2)18-11-12-24(17(4)13-18)33-30-22-14-16(3)21(15-23(22)31-33)28-26(35)29-25(34)19-9-7-8-10-20(19)27/h7-15H,5-6H2,1-4H3,(H2,28,29,34,35). The van der Waals surface area contributed by atoms with Gasteiger partial charge in [0, 0.05) is 24.5 Å². The zero-order valence-corrected chi connectivity index (χ0v) is 21.7. The third kappa shape index (κ3) is 5.28. The Morgan fingerprint density at radius 3 is 2.34 bits per heavy atom. The number of fused-ring (bicyclic) bond motifs is 1. The molecule has 1 heterocycles. The number of aromatic nitrogens is 3. The third-order valence-electron chi connectivity index (χ3n) is 5.84. The lowest BCUT2D eigenvalue weighted by Crippen LogP contribution is -2.34. The molecule has 4 rings (SSSR count). The number of hydrogen-bond acceptors (Lipinski definition) is 5. The summed E-state index contributed by atoms with van der Waals surface area (Å²) < 4.78 is 0. The molecular weight excluding hydrogens is 480 g/mol. The Morgan fingerprint density at radius 1 is 1.00 bits per heavy atom. The first-order valence-corrected chi connectivity index (χ1v) is 12.2.